The SMILES string of the molecule is C.C=C1Sc2cnc(N)nc2N1C/C=C/CO.CC(=O)OC[C@H]1C[C@@H](n2c(=O)sc3cnc(N)nc32)[C@H](OC(C)=O)[C@H]1OC(C)=O. The zero-order chi connectivity index (χ0) is 32.8. The zero-order valence-electron chi connectivity index (χ0n) is 24.6. The van der Waals surface area contributed by atoms with Crippen molar-refractivity contribution < 1.29 is 33.7 Å². The molecule has 5 N–H and O–H groups in total. The average Bonchev–Trinajstić information content (AvgIpc) is 3.57. The third-order valence-electron chi connectivity index (χ3n) is 6.62. The van der Waals surface area contributed by atoms with Gasteiger partial charge in [-0.3, -0.25) is 23.7 Å². The molecule has 3 aromatic rings. The number of anilines is 3. The Morgan fingerprint density at radius 3 is 2.35 bits per heavy atom. The van der Waals surface area contributed by atoms with Crippen LogP contribution in [0.2, 0.25) is 0 Å². The van der Waals surface area contributed by atoms with E-state index in [0.29, 0.717) is 16.9 Å². The van der Waals surface area contributed by atoms with Gasteiger partial charge in [0.05, 0.1) is 40.1 Å². The Hall–Kier alpha value is -4.55. The summed E-state index contributed by atoms with van der Waals surface area (Å²) in [6.07, 6.45) is 5.06. The summed E-state index contributed by atoms with van der Waals surface area (Å²) < 4.78 is 17.8. The van der Waals surface area contributed by atoms with Crippen molar-refractivity contribution in [3.8, 4) is 0 Å². The van der Waals surface area contributed by atoms with Crippen LogP contribution in [0.5, 0.6) is 0 Å². The molecule has 0 saturated heterocycles. The molecule has 0 aromatic carbocycles. The van der Waals surface area contributed by atoms with Crippen LogP contribution < -0.4 is 21.2 Å². The van der Waals surface area contributed by atoms with Crippen molar-refractivity contribution in [1.82, 2.24) is 24.5 Å². The molecule has 46 heavy (non-hydrogen) atoms. The van der Waals surface area contributed by atoms with E-state index in [9.17, 15) is 19.2 Å². The minimum Gasteiger partial charge on any atom is -0.465 e. The number of fused-ring (bicyclic) bond motifs is 2. The summed E-state index contributed by atoms with van der Waals surface area (Å²) in [5.74, 6) is -1.16. The fourth-order valence-electron chi connectivity index (χ4n) is 4.92. The maximum atomic E-state index is 12.7. The van der Waals surface area contributed by atoms with Crippen LogP contribution in [0.1, 0.15) is 40.7 Å². The standard InChI is InChI=1S/C17H20N4O7S.C10H12N4OS.CH4/c1-7(22)26-6-10-4-11(14(28-9(3)24)13(10)27-8(2)23)21-15-12(29-17(21)25)5-19-16(18)20-15;1-7-14(4-2-3-5-15)9-8(16-7)6-12-10(11)13-9;/h5,10-11,13-14H,4,6H2,1-3H3,(H2,18,19,20);2-3,6,15H,1,4-5H2,(H2,11,12,13);1H4/b;3-2+;/t10-,11-,13+,14+;;/m1../s1. The Balaban J connectivity index is 0.000000287. The Kier molecular flexibility index (Phi) is 12.2. The van der Waals surface area contributed by atoms with Crippen molar-refractivity contribution in [3.63, 3.8) is 0 Å². The van der Waals surface area contributed by atoms with Crippen LogP contribution in [-0.2, 0) is 28.6 Å². The lowest BCUT2D eigenvalue weighted by Gasteiger charge is -2.26. The Morgan fingerprint density at radius 2 is 1.70 bits per heavy atom. The minimum absolute atomic E-state index is 0. The molecule has 0 amide bonds. The van der Waals surface area contributed by atoms with Gasteiger partial charge in [0.1, 0.15) is 6.10 Å². The highest BCUT2D eigenvalue weighted by atomic mass is 32.2. The topological polar surface area (TPSA) is 228 Å². The van der Waals surface area contributed by atoms with Gasteiger partial charge in [-0.1, -0.05) is 49.3 Å². The van der Waals surface area contributed by atoms with Crippen LogP contribution in [0, 0.1) is 5.92 Å². The van der Waals surface area contributed by atoms with Crippen molar-refractivity contribution in [2.24, 2.45) is 5.92 Å². The number of aromatic nitrogens is 5. The molecule has 4 atom stereocenters. The van der Waals surface area contributed by atoms with E-state index >= 15 is 0 Å². The largest absolute Gasteiger partial charge is 0.465 e. The molecule has 1 saturated carbocycles. The highest BCUT2D eigenvalue weighted by Crippen LogP contribution is 2.43. The number of aliphatic hydroxyl groups is 1. The van der Waals surface area contributed by atoms with Crippen LogP contribution >= 0.6 is 23.1 Å². The molecular formula is C28H36N8O8S2. The van der Waals surface area contributed by atoms with Gasteiger partial charge < -0.3 is 35.7 Å². The summed E-state index contributed by atoms with van der Waals surface area (Å²) in [5, 5.41) is 9.55. The first-order chi connectivity index (χ1) is 21.4. The number of hydrogen-bond donors (Lipinski definition) is 3. The van der Waals surface area contributed by atoms with Gasteiger partial charge in [-0.25, -0.2) is 9.97 Å². The third kappa shape index (κ3) is 8.38. The first kappa shape index (κ1) is 35.9. The molecule has 4 heterocycles. The highest BCUT2D eigenvalue weighted by molar-refractivity contribution is 8.03. The first-order valence-electron chi connectivity index (χ1n) is 13.5. The van der Waals surface area contributed by atoms with E-state index in [1.54, 1.807) is 12.3 Å². The van der Waals surface area contributed by atoms with Crippen molar-refractivity contribution in [1.29, 1.82) is 0 Å². The van der Waals surface area contributed by atoms with E-state index in [-0.39, 0.29) is 43.8 Å². The quantitative estimate of drug-likeness (QED) is 0.176. The molecule has 0 unspecified atom stereocenters. The number of nitrogens with two attached hydrogens (primary N) is 2. The zero-order valence-corrected chi connectivity index (χ0v) is 26.2. The first-order valence-corrected chi connectivity index (χ1v) is 15.2. The second-order valence-electron chi connectivity index (χ2n) is 9.84. The second-order valence-corrected chi connectivity index (χ2v) is 12.0. The van der Waals surface area contributed by atoms with Gasteiger partial charge >= 0.3 is 22.8 Å². The number of aliphatic hydroxyl groups excluding tert-OH is 1. The summed E-state index contributed by atoms with van der Waals surface area (Å²) >= 11 is 2.44. The number of esters is 3. The number of carbonyl (C=O) groups excluding carboxylic acids is 3. The van der Waals surface area contributed by atoms with Crippen molar-refractivity contribution in [3.05, 3.63) is 45.8 Å². The van der Waals surface area contributed by atoms with Gasteiger partial charge in [-0.05, 0) is 6.42 Å². The van der Waals surface area contributed by atoms with Gasteiger partial charge in [-0.15, -0.1) is 0 Å². The minimum atomic E-state index is -0.969. The fraction of sp³-hybridized carbons (Fsp3) is 0.429. The number of nitrogens with zero attached hydrogens (tertiary/aromatic N) is 6. The monoisotopic (exact) mass is 676 g/mol. The molecule has 1 aliphatic heterocycles. The van der Waals surface area contributed by atoms with Gasteiger partial charge in [-0.2, -0.15) is 9.97 Å². The Morgan fingerprint density at radius 1 is 1.04 bits per heavy atom. The lowest BCUT2D eigenvalue weighted by Crippen LogP contribution is -2.39. The molecular weight excluding hydrogens is 640 g/mol. The Bertz CT molecular complexity index is 1690. The van der Waals surface area contributed by atoms with Crippen molar-refractivity contribution >= 4 is 69.1 Å². The summed E-state index contributed by atoms with van der Waals surface area (Å²) in [7, 11) is 0. The summed E-state index contributed by atoms with van der Waals surface area (Å²) in [5.41, 5.74) is 11.5. The van der Waals surface area contributed by atoms with Crippen LogP contribution in [0.4, 0.5) is 17.7 Å². The fourth-order valence-corrected chi connectivity index (χ4v) is 6.65. The predicted molar refractivity (Wildman–Crippen MR) is 173 cm³/mol. The van der Waals surface area contributed by atoms with Crippen molar-refractivity contribution in [2.45, 2.75) is 57.8 Å². The number of nitrogen functional groups attached to an aromatic ring is 2. The van der Waals surface area contributed by atoms with Crippen molar-refractivity contribution in [2.75, 3.05) is 36.1 Å². The Labute approximate surface area is 272 Å². The molecule has 248 valence electrons. The number of hydrogen-bond acceptors (Lipinski definition) is 17. The third-order valence-corrected chi connectivity index (χ3v) is 8.47. The smallest absolute Gasteiger partial charge is 0.309 e. The number of thioether (sulfide) groups is 1. The van der Waals surface area contributed by atoms with E-state index in [0.717, 1.165) is 27.1 Å². The summed E-state index contributed by atoms with van der Waals surface area (Å²) in [6, 6.07) is -0.695. The predicted octanol–water partition coefficient (Wildman–Crippen LogP) is 2.05. The number of ether oxygens (including phenoxy) is 3. The molecule has 2 aliphatic rings. The second kappa shape index (κ2) is 15.6. The molecule has 0 radical (unpaired) electrons. The number of thiazole rings is 1. The molecule has 0 spiro atoms. The maximum Gasteiger partial charge on any atom is 0.309 e. The van der Waals surface area contributed by atoms with E-state index in [4.69, 9.17) is 30.8 Å². The molecule has 16 nitrogen and oxygen atoms in total. The van der Waals surface area contributed by atoms with Crippen LogP contribution in [0.25, 0.3) is 10.3 Å². The average molecular weight is 677 g/mol. The molecule has 5 rings (SSSR count). The van der Waals surface area contributed by atoms with Gasteiger partial charge in [0.25, 0.3) is 0 Å². The van der Waals surface area contributed by atoms with E-state index in [1.165, 1.54) is 43.3 Å². The van der Waals surface area contributed by atoms with Crippen LogP contribution in [0.3, 0.4) is 0 Å². The summed E-state index contributed by atoms with van der Waals surface area (Å²) in [6.45, 7) is 8.24. The number of rotatable bonds is 8. The van der Waals surface area contributed by atoms with Gasteiger partial charge in [0, 0.05) is 39.4 Å². The highest BCUT2D eigenvalue weighted by Gasteiger charge is 2.50. The molecule has 18 heteroatoms. The molecule has 1 fully saturated rings. The maximum absolute atomic E-state index is 12.7. The number of carbonyl (C=O) groups is 3. The summed E-state index contributed by atoms with van der Waals surface area (Å²) in [4.78, 5) is 66.1. The molecule has 3 aromatic heterocycles. The van der Waals surface area contributed by atoms with Crippen LogP contribution in [-0.4, -0.2) is 79.5 Å². The van der Waals surface area contributed by atoms with E-state index in [2.05, 4.69) is 26.5 Å². The molecule has 0 bridgehead atoms. The van der Waals surface area contributed by atoms with E-state index in [1.807, 2.05) is 11.0 Å². The normalized spacial score (nSPS) is 20.1. The van der Waals surface area contributed by atoms with Gasteiger partial charge in [0.2, 0.25) is 11.9 Å². The lowest BCUT2D eigenvalue weighted by molar-refractivity contribution is -0.168. The lowest BCUT2D eigenvalue weighted by atomic mass is 10.1. The van der Waals surface area contributed by atoms with Crippen LogP contribution in [0.15, 0.2) is 45.8 Å². The van der Waals surface area contributed by atoms with Gasteiger partial charge in [0.15, 0.2) is 17.6 Å². The molecule has 1 aliphatic carbocycles. The van der Waals surface area contributed by atoms with E-state index < -0.39 is 42.1 Å².